The van der Waals surface area contributed by atoms with Crippen LogP contribution in [0.5, 0.6) is 0 Å². The molecule has 0 radical (unpaired) electrons. The van der Waals surface area contributed by atoms with Gasteiger partial charge < -0.3 is 15.1 Å². The van der Waals surface area contributed by atoms with E-state index in [1.807, 2.05) is 0 Å². The second-order valence-corrected chi connectivity index (χ2v) is 6.81. The number of rotatable bonds is 8. The molecule has 1 saturated carbocycles. The first kappa shape index (κ1) is 19.8. The zero-order valence-electron chi connectivity index (χ0n) is 15.6. The summed E-state index contributed by atoms with van der Waals surface area (Å²) >= 11 is 0. The second-order valence-electron chi connectivity index (χ2n) is 6.81. The molecule has 1 aliphatic carbocycles. The van der Waals surface area contributed by atoms with Crippen LogP contribution in [0.3, 0.4) is 0 Å². The van der Waals surface area contributed by atoms with E-state index in [1.165, 1.54) is 24.5 Å². The van der Waals surface area contributed by atoms with Crippen molar-refractivity contribution in [2.45, 2.75) is 25.3 Å². The van der Waals surface area contributed by atoms with Crippen molar-refractivity contribution >= 4 is 11.9 Å². The van der Waals surface area contributed by atoms with Crippen molar-refractivity contribution < 1.29 is 22.4 Å². The number of benzene rings is 1. The smallest absolute Gasteiger partial charge is 0.314 e. The number of anilines is 1. The molecule has 8 nitrogen and oxygen atoms in total. The fourth-order valence-corrected chi connectivity index (χ4v) is 2.75. The van der Waals surface area contributed by atoms with E-state index in [9.17, 15) is 18.0 Å². The Balaban J connectivity index is 1.48. The van der Waals surface area contributed by atoms with Crippen molar-refractivity contribution in [1.82, 2.24) is 25.5 Å². The molecule has 0 aliphatic heterocycles. The van der Waals surface area contributed by atoms with Gasteiger partial charge in [0.15, 0.2) is 0 Å². The molecule has 4 rings (SSSR count). The monoisotopic (exact) mass is 418 g/mol. The molecule has 2 N–H and O–H groups in total. The van der Waals surface area contributed by atoms with Crippen LogP contribution >= 0.6 is 0 Å². The molecule has 1 aliphatic rings. The van der Waals surface area contributed by atoms with Crippen molar-refractivity contribution in [1.29, 1.82) is 0 Å². The molecule has 30 heavy (non-hydrogen) atoms. The Morgan fingerprint density at radius 3 is 2.43 bits per heavy atom. The van der Waals surface area contributed by atoms with Gasteiger partial charge in [-0.05, 0) is 30.5 Å². The van der Waals surface area contributed by atoms with E-state index in [0.29, 0.717) is 0 Å². The van der Waals surface area contributed by atoms with E-state index in [-0.39, 0.29) is 41.6 Å². The van der Waals surface area contributed by atoms with Gasteiger partial charge in [0.1, 0.15) is 5.82 Å². The summed E-state index contributed by atoms with van der Waals surface area (Å²) in [7, 11) is 0. The molecule has 0 spiro atoms. The summed E-state index contributed by atoms with van der Waals surface area (Å²) in [5.74, 6) is -1.02. The summed E-state index contributed by atoms with van der Waals surface area (Å²) < 4.78 is 43.3. The van der Waals surface area contributed by atoms with Gasteiger partial charge in [0.05, 0.1) is 11.6 Å². The Morgan fingerprint density at radius 1 is 1.13 bits per heavy atom. The van der Waals surface area contributed by atoms with E-state index in [1.54, 1.807) is 12.1 Å². The predicted octanol–water partition coefficient (Wildman–Crippen LogP) is 3.28. The topological polar surface area (TPSA) is 106 Å². The minimum absolute atomic E-state index is 0.0218. The van der Waals surface area contributed by atoms with Crippen LogP contribution in [0.4, 0.5) is 19.1 Å². The number of carbonyl (C=O) groups is 1. The number of carbonyl (C=O) groups excluding carboxylic acids is 1. The van der Waals surface area contributed by atoms with Crippen molar-refractivity contribution in [3.8, 4) is 11.5 Å². The minimum atomic E-state index is -2.87. The summed E-state index contributed by atoms with van der Waals surface area (Å²) in [6, 6.07) is 5.46. The van der Waals surface area contributed by atoms with Crippen LogP contribution in [0, 0.1) is 11.7 Å². The standard InChI is InChI=1S/C19H17F3N6O2/c20-13-5-3-10(4-6-13)14(9-23-16(29)11-1-2-11)26-19-24-7-12(8-25-19)17-27-28-18(30-17)15(21)22/h3-8,11,14-15H,1-2,9H2,(H,23,29)(H,24,25,26). The fourth-order valence-electron chi connectivity index (χ4n) is 2.75. The van der Waals surface area contributed by atoms with E-state index < -0.39 is 18.4 Å². The van der Waals surface area contributed by atoms with E-state index in [4.69, 9.17) is 4.42 Å². The number of alkyl halides is 2. The highest BCUT2D eigenvalue weighted by atomic mass is 19.3. The molecule has 1 aromatic carbocycles. The van der Waals surface area contributed by atoms with Crippen molar-refractivity contribution in [2.75, 3.05) is 11.9 Å². The average molecular weight is 418 g/mol. The fraction of sp³-hybridized carbons (Fsp3) is 0.316. The van der Waals surface area contributed by atoms with Gasteiger partial charge in [-0.1, -0.05) is 12.1 Å². The first-order valence-corrected chi connectivity index (χ1v) is 9.23. The molecule has 2 heterocycles. The van der Waals surface area contributed by atoms with Gasteiger partial charge in [-0.2, -0.15) is 8.78 Å². The lowest BCUT2D eigenvalue weighted by Gasteiger charge is -2.20. The van der Waals surface area contributed by atoms with Crippen molar-refractivity contribution in [2.24, 2.45) is 5.92 Å². The minimum Gasteiger partial charge on any atom is -0.415 e. The summed E-state index contributed by atoms with van der Waals surface area (Å²) in [6.07, 6.45) is 1.60. The molecule has 1 fully saturated rings. The maximum Gasteiger partial charge on any atom is 0.314 e. The Morgan fingerprint density at radius 2 is 1.83 bits per heavy atom. The highest BCUT2D eigenvalue weighted by molar-refractivity contribution is 5.80. The second kappa shape index (κ2) is 8.47. The lowest BCUT2D eigenvalue weighted by molar-refractivity contribution is -0.122. The third-order valence-electron chi connectivity index (χ3n) is 4.53. The van der Waals surface area contributed by atoms with Gasteiger partial charge in [0, 0.05) is 24.9 Å². The average Bonchev–Trinajstić information content (AvgIpc) is 3.48. The van der Waals surface area contributed by atoms with Crippen molar-refractivity contribution in [3.63, 3.8) is 0 Å². The van der Waals surface area contributed by atoms with E-state index in [2.05, 4.69) is 30.8 Å². The van der Waals surface area contributed by atoms with Crippen LogP contribution in [0.1, 0.15) is 36.8 Å². The first-order chi connectivity index (χ1) is 14.5. The van der Waals surface area contributed by atoms with Crippen LogP contribution in [-0.2, 0) is 4.79 Å². The van der Waals surface area contributed by atoms with E-state index in [0.717, 1.165) is 18.4 Å². The molecule has 11 heteroatoms. The number of hydrogen-bond donors (Lipinski definition) is 2. The molecule has 1 unspecified atom stereocenters. The van der Waals surface area contributed by atoms with Crippen LogP contribution in [-0.4, -0.2) is 32.6 Å². The largest absolute Gasteiger partial charge is 0.415 e. The molecular formula is C19H17F3N6O2. The quantitative estimate of drug-likeness (QED) is 0.578. The third kappa shape index (κ3) is 4.73. The summed E-state index contributed by atoms with van der Waals surface area (Å²) in [6.45, 7) is 0.257. The zero-order valence-corrected chi connectivity index (χ0v) is 15.6. The Labute approximate surface area is 168 Å². The van der Waals surface area contributed by atoms with E-state index >= 15 is 0 Å². The predicted molar refractivity (Wildman–Crippen MR) is 98.8 cm³/mol. The molecule has 2 aromatic heterocycles. The third-order valence-corrected chi connectivity index (χ3v) is 4.53. The maximum absolute atomic E-state index is 13.3. The van der Waals surface area contributed by atoms with Crippen LogP contribution in [0.15, 0.2) is 41.1 Å². The zero-order chi connectivity index (χ0) is 21.1. The Kier molecular flexibility index (Phi) is 5.59. The summed E-state index contributed by atoms with van der Waals surface area (Å²) in [5.41, 5.74) is 1.01. The number of halogens is 3. The SMILES string of the molecule is O=C(NCC(Nc1ncc(-c2nnc(C(F)F)o2)cn1)c1ccc(F)cc1)C1CC1. The molecule has 3 aromatic rings. The number of hydrogen-bond acceptors (Lipinski definition) is 7. The highest BCUT2D eigenvalue weighted by Crippen LogP contribution is 2.29. The summed E-state index contributed by atoms with van der Waals surface area (Å²) in [4.78, 5) is 20.3. The molecular weight excluding hydrogens is 401 g/mol. The number of aromatic nitrogens is 4. The van der Waals surface area contributed by atoms with Gasteiger partial charge in [-0.3, -0.25) is 4.79 Å². The Hall–Kier alpha value is -3.50. The van der Waals surface area contributed by atoms with Gasteiger partial charge in [0.2, 0.25) is 11.9 Å². The van der Waals surface area contributed by atoms with Crippen LogP contribution in [0.25, 0.3) is 11.5 Å². The molecule has 1 amide bonds. The highest BCUT2D eigenvalue weighted by Gasteiger charge is 2.30. The first-order valence-electron chi connectivity index (χ1n) is 9.23. The lowest BCUT2D eigenvalue weighted by Crippen LogP contribution is -2.32. The summed E-state index contributed by atoms with van der Waals surface area (Å²) in [5, 5.41) is 12.8. The number of nitrogens with one attached hydrogen (secondary N) is 2. The normalized spacial score (nSPS) is 14.5. The maximum atomic E-state index is 13.3. The van der Waals surface area contributed by atoms with Gasteiger partial charge >= 0.3 is 6.43 Å². The van der Waals surface area contributed by atoms with Crippen molar-refractivity contribution in [3.05, 3.63) is 53.9 Å². The molecule has 1 atom stereocenters. The molecule has 0 saturated heterocycles. The molecule has 156 valence electrons. The number of amides is 1. The number of nitrogens with zero attached hydrogens (tertiary/aromatic N) is 4. The van der Waals surface area contributed by atoms with Gasteiger partial charge in [0.25, 0.3) is 11.8 Å². The van der Waals surface area contributed by atoms with Crippen LogP contribution in [0.2, 0.25) is 0 Å². The van der Waals surface area contributed by atoms with Gasteiger partial charge in [-0.25, -0.2) is 14.4 Å². The van der Waals surface area contributed by atoms with Crippen LogP contribution < -0.4 is 10.6 Å². The Bertz CT molecular complexity index is 1010. The molecule has 0 bridgehead atoms. The lowest BCUT2D eigenvalue weighted by atomic mass is 10.1. The van der Waals surface area contributed by atoms with Gasteiger partial charge in [-0.15, -0.1) is 10.2 Å².